The summed E-state index contributed by atoms with van der Waals surface area (Å²) in [7, 11) is -3.14. The van der Waals surface area contributed by atoms with Crippen molar-refractivity contribution in [1.29, 1.82) is 0 Å². The number of sulfonamides is 1. The number of rotatable bonds is 10. The van der Waals surface area contributed by atoms with Crippen LogP contribution < -0.4 is 23.7 Å². The molecular weight excluding hydrogens is 522 g/mol. The second-order valence-corrected chi connectivity index (χ2v) is 10.7. The number of hydrogen-bond donors (Lipinski definition) is 2. The van der Waals surface area contributed by atoms with Gasteiger partial charge in [0.25, 0.3) is 20.1 Å². The van der Waals surface area contributed by atoms with E-state index < -0.39 is 25.0 Å². The van der Waals surface area contributed by atoms with Crippen LogP contribution in [0, 0.1) is 6.92 Å². The van der Waals surface area contributed by atoms with E-state index in [0.29, 0.717) is 39.7 Å². The monoisotopic (exact) mass is 549 g/mol. The van der Waals surface area contributed by atoms with Gasteiger partial charge in [-0.1, -0.05) is 18.2 Å². The number of ether oxygens (including phenoxy) is 4. The molecule has 0 bridgehead atoms. The van der Waals surface area contributed by atoms with Gasteiger partial charge in [-0.3, -0.25) is 9.27 Å². The molecule has 0 unspecified atom stereocenters. The van der Waals surface area contributed by atoms with Crippen LogP contribution in [-0.2, 0) is 20.1 Å². The molecule has 0 aliphatic heterocycles. The van der Waals surface area contributed by atoms with Crippen molar-refractivity contribution in [2.45, 2.75) is 11.8 Å². The Hall–Kier alpha value is -3.74. The Labute approximate surface area is 216 Å². The fourth-order valence-corrected chi connectivity index (χ4v) is 5.25. The van der Waals surface area contributed by atoms with Crippen molar-refractivity contribution < 1.29 is 40.3 Å². The number of aryl methyl sites for hydroxylation is 1. The average molecular weight is 550 g/mol. The summed E-state index contributed by atoms with van der Waals surface area (Å²) in [5.74, 6) is 1.46. The third kappa shape index (κ3) is 6.34. The number of anilines is 1. The first-order valence-electron chi connectivity index (χ1n) is 10.7. The topological polar surface area (TPSA) is 137 Å². The zero-order valence-corrected chi connectivity index (χ0v) is 22.4. The SMILES string of the molecule is COc1cc(OC)c(C=CS(=O)(=O)Nc2cc(S(=O)(=O)O)c(-c3ccccc3OC)cc2C)c(OC)c1. The van der Waals surface area contributed by atoms with Crippen LogP contribution in [0.25, 0.3) is 17.2 Å². The second kappa shape index (κ2) is 11.1. The lowest BCUT2D eigenvalue weighted by atomic mass is 10.0. The van der Waals surface area contributed by atoms with E-state index in [2.05, 4.69) is 4.72 Å². The maximum atomic E-state index is 12.9. The molecule has 10 nitrogen and oxygen atoms in total. The minimum atomic E-state index is -4.73. The summed E-state index contributed by atoms with van der Waals surface area (Å²) >= 11 is 0. The number of para-hydroxylation sites is 1. The van der Waals surface area contributed by atoms with Crippen LogP contribution in [0.4, 0.5) is 5.69 Å². The molecule has 0 saturated carbocycles. The van der Waals surface area contributed by atoms with E-state index in [1.807, 2.05) is 0 Å². The van der Waals surface area contributed by atoms with Gasteiger partial charge in [0.05, 0.1) is 45.1 Å². The third-order valence-electron chi connectivity index (χ3n) is 5.42. The lowest BCUT2D eigenvalue weighted by Crippen LogP contribution is -2.12. The van der Waals surface area contributed by atoms with Crippen LogP contribution in [0.1, 0.15) is 11.1 Å². The first kappa shape index (κ1) is 27.8. The van der Waals surface area contributed by atoms with E-state index in [0.717, 1.165) is 11.5 Å². The first-order valence-corrected chi connectivity index (χ1v) is 13.7. The number of hydrogen-bond acceptors (Lipinski definition) is 8. The molecule has 0 atom stereocenters. The minimum Gasteiger partial charge on any atom is -0.496 e. The number of methoxy groups -OCH3 is 4. The van der Waals surface area contributed by atoms with Gasteiger partial charge < -0.3 is 18.9 Å². The van der Waals surface area contributed by atoms with Crippen molar-refractivity contribution >= 4 is 31.9 Å². The molecule has 3 aromatic carbocycles. The van der Waals surface area contributed by atoms with E-state index in [1.165, 1.54) is 40.6 Å². The highest BCUT2D eigenvalue weighted by molar-refractivity contribution is 7.95. The zero-order chi connectivity index (χ0) is 27.4. The van der Waals surface area contributed by atoms with E-state index >= 15 is 0 Å². The highest BCUT2D eigenvalue weighted by Gasteiger charge is 2.22. The van der Waals surface area contributed by atoms with E-state index in [9.17, 15) is 21.4 Å². The quantitative estimate of drug-likeness (QED) is 0.353. The molecule has 0 fully saturated rings. The predicted octanol–water partition coefficient (Wildman–Crippen LogP) is 4.36. The van der Waals surface area contributed by atoms with Gasteiger partial charge in [0.2, 0.25) is 0 Å². The van der Waals surface area contributed by atoms with Gasteiger partial charge in [-0.2, -0.15) is 8.42 Å². The second-order valence-electron chi connectivity index (χ2n) is 7.73. The van der Waals surface area contributed by atoms with E-state index in [-0.39, 0.29) is 11.3 Å². The minimum absolute atomic E-state index is 0.0374. The molecule has 0 saturated heterocycles. The standard InChI is InChI=1S/C25H27NO9S2/c1-16-12-20(18-8-6-7-9-22(18)33-3)25(37(29,30)31)15-21(16)26-36(27,28)11-10-19-23(34-4)13-17(32-2)14-24(19)35-5/h6-15,26H,1-5H3,(H,29,30,31). The number of benzene rings is 3. The van der Waals surface area contributed by atoms with Gasteiger partial charge in [-0.05, 0) is 36.8 Å². The lowest BCUT2D eigenvalue weighted by Gasteiger charge is -2.16. The van der Waals surface area contributed by atoms with Crippen LogP contribution in [0.15, 0.2) is 58.8 Å². The van der Waals surface area contributed by atoms with Gasteiger partial charge in [-0.15, -0.1) is 0 Å². The largest absolute Gasteiger partial charge is 0.496 e. The molecule has 0 aromatic heterocycles. The summed E-state index contributed by atoms with van der Waals surface area (Å²) in [4.78, 5) is -0.484. The molecule has 0 spiro atoms. The Morgan fingerprint density at radius 2 is 1.38 bits per heavy atom. The average Bonchev–Trinajstić information content (AvgIpc) is 2.87. The van der Waals surface area contributed by atoms with Crippen LogP contribution >= 0.6 is 0 Å². The van der Waals surface area contributed by atoms with Gasteiger partial charge in [0, 0.05) is 23.3 Å². The Kier molecular flexibility index (Phi) is 8.36. The Bertz CT molecular complexity index is 1520. The molecule has 0 amide bonds. The molecule has 0 aliphatic rings. The summed E-state index contributed by atoms with van der Waals surface area (Å²) in [5, 5.41) is 0.889. The summed E-state index contributed by atoms with van der Waals surface area (Å²) in [6, 6.07) is 12.3. The van der Waals surface area contributed by atoms with Gasteiger partial charge in [0.15, 0.2) is 0 Å². The maximum absolute atomic E-state index is 12.9. The van der Waals surface area contributed by atoms with Crippen molar-refractivity contribution in [2.75, 3.05) is 33.2 Å². The molecule has 37 heavy (non-hydrogen) atoms. The molecule has 0 aliphatic carbocycles. The van der Waals surface area contributed by atoms with Crippen molar-refractivity contribution in [1.82, 2.24) is 0 Å². The molecular formula is C25H27NO9S2. The predicted molar refractivity (Wildman–Crippen MR) is 141 cm³/mol. The highest BCUT2D eigenvalue weighted by Crippen LogP contribution is 2.38. The molecule has 3 aromatic rings. The zero-order valence-electron chi connectivity index (χ0n) is 20.8. The van der Waals surface area contributed by atoms with Crippen LogP contribution in [0.5, 0.6) is 23.0 Å². The summed E-state index contributed by atoms with van der Waals surface area (Å²) in [5.41, 5.74) is 1.28. The van der Waals surface area contributed by atoms with Crippen molar-refractivity contribution in [3.05, 3.63) is 65.1 Å². The van der Waals surface area contributed by atoms with Crippen LogP contribution in [-0.4, -0.2) is 49.8 Å². The molecule has 2 N–H and O–H groups in total. The highest BCUT2D eigenvalue weighted by atomic mass is 32.2. The lowest BCUT2D eigenvalue weighted by molar-refractivity contribution is 0.374. The van der Waals surface area contributed by atoms with E-state index in [1.54, 1.807) is 43.3 Å². The molecule has 198 valence electrons. The van der Waals surface area contributed by atoms with Crippen molar-refractivity contribution in [2.24, 2.45) is 0 Å². The van der Waals surface area contributed by atoms with Crippen LogP contribution in [0.2, 0.25) is 0 Å². The molecule has 12 heteroatoms. The first-order chi connectivity index (χ1) is 17.4. The maximum Gasteiger partial charge on any atom is 0.295 e. The Morgan fingerprint density at radius 3 is 1.92 bits per heavy atom. The smallest absolute Gasteiger partial charge is 0.295 e. The van der Waals surface area contributed by atoms with Crippen molar-refractivity contribution in [3.8, 4) is 34.1 Å². The summed E-state index contributed by atoms with van der Waals surface area (Å²) in [6.45, 7) is 1.60. The number of nitrogens with one attached hydrogen (secondary N) is 1. The Balaban J connectivity index is 2.06. The van der Waals surface area contributed by atoms with Gasteiger partial charge >= 0.3 is 0 Å². The van der Waals surface area contributed by atoms with Gasteiger partial charge in [-0.25, -0.2) is 8.42 Å². The molecule has 0 heterocycles. The fourth-order valence-electron chi connectivity index (χ4n) is 3.63. The summed E-state index contributed by atoms with van der Waals surface area (Å²) < 4.78 is 83.8. The molecule has 0 radical (unpaired) electrons. The Morgan fingerprint density at radius 1 is 0.784 bits per heavy atom. The fraction of sp³-hybridized carbons (Fsp3) is 0.200. The molecule has 3 rings (SSSR count). The normalized spacial score (nSPS) is 11.8. The van der Waals surface area contributed by atoms with E-state index in [4.69, 9.17) is 18.9 Å². The van der Waals surface area contributed by atoms with Crippen molar-refractivity contribution in [3.63, 3.8) is 0 Å². The van der Waals surface area contributed by atoms with Crippen LogP contribution in [0.3, 0.4) is 0 Å². The van der Waals surface area contributed by atoms with Gasteiger partial charge in [0.1, 0.15) is 27.9 Å². The summed E-state index contributed by atoms with van der Waals surface area (Å²) in [6.07, 6.45) is 1.28. The third-order valence-corrected chi connectivity index (χ3v) is 7.31.